The SMILES string of the molecule is CSOCc1cnccn1. The van der Waals surface area contributed by atoms with Crippen molar-refractivity contribution in [1.29, 1.82) is 0 Å². The van der Waals surface area contributed by atoms with Crippen LogP contribution in [-0.2, 0) is 10.8 Å². The van der Waals surface area contributed by atoms with Gasteiger partial charge < -0.3 is 4.18 Å². The van der Waals surface area contributed by atoms with Crippen molar-refractivity contribution in [2.45, 2.75) is 6.61 Å². The van der Waals surface area contributed by atoms with Crippen LogP contribution in [0.3, 0.4) is 0 Å². The topological polar surface area (TPSA) is 35.0 Å². The van der Waals surface area contributed by atoms with E-state index in [0.29, 0.717) is 6.61 Å². The van der Waals surface area contributed by atoms with Gasteiger partial charge in [0.25, 0.3) is 0 Å². The minimum Gasteiger partial charge on any atom is -0.309 e. The fourth-order valence-electron chi connectivity index (χ4n) is 0.524. The van der Waals surface area contributed by atoms with Gasteiger partial charge in [0, 0.05) is 18.6 Å². The maximum absolute atomic E-state index is 5.03. The van der Waals surface area contributed by atoms with Crippen molar-refractivity contribution in [1.82, 2.24) is 9.97 Å². The van der Waals surface area contributed by atoms with Crippen molar-refractivity contribution in [3.8, 4) is 0 Å². The minimum absolute atomic E-state index is 0.523. The molecule has 1 aromatic heterocycles. The molecule has 1 heterocycles. The van der Waals surface area contributed by atoms with Gasteiger partial charge in [-0.2, -0.15) is 0 Å². The maximum Gasteiger partial charge on any atom is 0.105 e. The van der Waals surface area contributed by atoms with Gasteiger partial charge in [0.2, 0.25) is 0 Å². The Morgan fingerprint density at radius 1 is 1.60 bits per heavy atom. The lowest BCUT2D eigenvalue weighted by molar-refractivity contribution is 0.359. The molecule has 0 atom stereocenters. The Morgan fingerprint density at radius 3 is 3.10 bits per heavy atom. The Balaban J connectivity index is 2.43. The third-order valence-corrected chi connectivity index (χ3v) is 1.29. The van der Waals surface area contributed by atoms with Gasteiger partial charge in [-0.15, -0.1) is 0 Å². The van der Waals surface area contributed by atoms with Crippen molar-refractivity contribution >= 4 is 12.0 Å². The molecule has 3 nitrogen and oxygen atoms in total. The molecule has 1 rings (SSSR count). The number of rotatable bonds is 3. The Bertz CT molecular complexity index is 180. The van der Waals surface area contributed by atoms with E-state index in [9.17, 15) is 0 Å². The van der Waals surface area contributed by atoms with Crippen LogP contribution in [-0.4, -0.2) is 16.2 Å². The molecule has 0 spiro atoms. The van der Waals surface area contributed by atoms with Crippen LogP contribution in [0.1, 0.15) is 5.69 Å². The number of hydrogen-bond acceptors (Lipinski definition) is 4. The molecule has 10 heavy (non-hydrogen) atoms. The van der Waals surface area contributed by atoms with Gasteiger partial charge in [0.1, 0.15) is 6.61 Å². The quantitative estimate of drug-likeness (QED) is 0.617. The van der Waals surface area contributed by atoms with E-state index >= 15 is 0 Å². The average Bonchev–Trinajstić information content (AvgIpc) is 2.03. The predicted molar refractivity (Wildman–Crippen MR) is 40.3 cm³/mol. The first kappa shape index (κ1) is 7.50. The van der Waals surface area contributed by atoms with Gasteiger partial charge in [-0.25, -0.2) is 0 Å². The minimum atomic E-state index is 0.523. The second-order valence-corrected chi connectivity index (χ2v) is 2.19. The molecule has 1 aromatic rings. The molecule has 0 aliphatic carbocycles. The zero-order chi connectivity index (χ0) is 7.23. The molecular formula is C6H8N2OS. The Hall–Kier alpha value is -0.610. The largest absolute Gasteiger partial charge is 0.309 e. The molecule has 0 fully saturated rings. The van der Waals surface area contributed by atoms with Crippen molar-refractivity contribution in [2.24, 2.45) is 0 Å². The van der Waals surface area contributed by atoms with E-state index in [2.05, 4.69) is 9.97 Å². The fraction of sp³-hybridized carbons (Fsp3) is 0.333. The standard InChI is InChI=1S/C6H8N2OS/c1-10-9-5-6-4-7-2-3-8-6/h2-4H,5H2,1H3. The summed E-state index contributed by atoms with van der Waals surface area (Å²) in [5.41, 5.74) is 0.858. The van der Waals surface area contributed by atoms with Gasteiger partial charge in [-0.3, -0.25) is 9.97 Å². The summed E-state index contributed by atoms with van der Waals surface area (Å²) in [7, 11) is 0. The van der Waals surface area contributed by atoms with Gasteiger partial charge in [0.05, 0.1) is 11.9 Å². The maximum atomic E-state index is 5.03. The molecule has 0 saturated carbocycles. The Labute approximate surface area is 64.0 Å². The first-order valence-corrected chi connectivity index (χ1v) is 3.99. The second-order valence-electron chi connectivity index (χ2n) is 1.63. The third kappa shape index (κ3) is 2.33. The first-order chi connectivity index (χ1) is 4.93. The highest BCUT2D eigenvalue weighted by Crippen LogP contribution is 2.00. The molecule has 0 unspecified atom stereocenters. The smallest absolute Gasteiger partial charge is 0.105 e. The molecule has 0 radical (unpaired) electrons. The summed E-state index contributed by atoms with van der Waals surface area (Å²) in [5, 5.41) is 0. The van der Waals surface area contributed by atoms with Crippen LogP contribution in [0.2, 0.25) is 0 Å². The van der Waals surface area contributed by atoms with E-state index in [1.807, 2.05) is 6.26 Å². The number of aromatic nitrogens is 2. The summed E-state index contributed by atoms with van der Waals surface area (Å²) in [4.78, 5) is 7.90. The van der Waals surface area contributed by atoms with E-state index < -0.39 is 0 Å². The van der Waals surface area contributed by atoms with Crippen LogP contribution in [0.4, 0.5) is 0 Å². The van der Waals surface area contributed by atoms with Crippen molar-refractivity contribution < 1.29 is 4.18 Å². The van der Waals surface area contributed by atoms with Gasteiger partial charge >= 0.3 is 0 Å². The lowest BCUT2D eigenvalue weighted by atomic mass is 10.5. The normalized spacial score (nSPS) is 9.70. The molecule has 0 aliphatic heterocycles. The number of nitrogens with zero attached hydrogens (tertiary/aromatic N) is 2. The second kappa shape index (κ2) is 4.24. The Kier molecular flexibility index (Phi) is 3.18. The first-order valence-electron chi connectivity index (χ1n) is 2.84. The molecule has 0 saturated heterocycles. The molecule has 0 N–H and O–H groups in total. The highest BCUT2D eigenvalue weighted by atomic mass is 32.2. The summed E-state index contributed by atoms with van der Waals surface area (Å²) in [6.07, 6.45) is 6.86. The highest BCUT2D eigenvalue weighted by Gasteiger charge is 1.90. The summed E-state index contributed by atoms with van der Waals surface area (Å²) in [5.74, 6) is 0. The van der Waals surface area contributed by atoms with Crippen LogP contribution in [0.15, 0.2) is 18.6 Å². The van der Waals surface area contributed by atoms with Gasteiger partial charge in [-0.05, 0) is 12.0 Å². The van der Waals surface area contributed by atoms with Crippen LogP contribution in [0.5, 0.6) is 0 Å². The molecule has 0 aromatic carbocycles. The summed E-state index contributed by atoms with van der Waals surface area (Å²) >= 11 is 1.33. The molecule has 0 bridgehead atoms. The number of hydrogen-bond donors (Lipinski definition) is 0. The van der Waals surface area contributed by atoms with Crippen molar-refractivity contribution in [2.75, 3.05) is 6.26 Å². The summed E-state index contributed by atoms with van der Waals surface area (Å²) in [6.45, 7) is 0.523. The van der Waals surface area contributed by atoms with E-state index in [1.54, 1.807) is 18.6 Å². The van der Waals surface area contributed by atoms with E-state index in [-0.39, 0.29) is 0 Å². The third-order valence-electron chi connectivity index (χ3n) is 0.941. The van der Waals surface area contributed by atoms with Crippen LogP contribution in [0, 0.1) is 0 Å². The molecule has 0 amide bonds. The summed E-state index contributed by atoms with van der Waals surface area (Å²) < 4.78 is 5.03. The molecule has 0 aliphatic rings. The monoisotopic (exact) mass is 156 g/mol. The fourth-order valence-corrected chi connectivity index (χ4v) is 0.762. The van der Waals surface area contributed by atoms with Gasteiger partial charge in [-0.1, -0.05) is 0 Å². The molecule has 54 valence electrons. The summed E-state index contributed by atoms with van der Waals surface area (Å²) in [6, 6.07) is 0. The van der Waals surface area contributed by atoms with Gasteiger partial charge in [0.15, 0.2) is 0 Å². The van der Waals surface area contributed by atoms with E-state index in [1.165, 1.54) is 12.0 Å². The molecular weight excluding hydrogens is 148 g/mol. The van der Waals surface area contributed by atoms with Crippen LogP contribution in [0.25, 0.3) is 0 Å². The lowest BCUT2D eigenvalue weighted by Gasteiger charge is -1.95. The predicted octanol–water partition coefficient (Wildman–Crippen LogP) is 1.27. The average molecular weight is 156 g/mol. The lowest BCUT2D eigenvalue weighted by Crippen LogP contribution is -1.89. The van der Waals surface area contributed by atoms with E-state index in [0.717, 1.165) is 5.69 Å². The van der Waals surface area contributed by atoms with Crippen LogP contribution < -0.4 is 0 Å². The molecule has 4 heteroatoms. The van der Waals surface area contributed by atoms with Crippen LogP contribution >= 0.6 is 12.0 Å². The Morgan fingerprint density at radius 2 is 2.50 bits per heavy atom. The van der Waals surface area contributed by atoms with Crippen molar-refractivity contribution in [3.63, 3.8) is 0 Å². The van der Waals surface area contributed by atoms with Crippen molar-refractivity contribution in [3.05, 3.63) is 24.3 Å². The van der Waals surface area contributed by atoms with E-state index in [4.69, 9.17) is 4.18 Å². The zero-order valence-electron chi connectivity index (χ0n) is 5.65. The highest BCUT2D eigenvalue weighted by molar-refractivity contribution is 7.93. The zero-order valence-corrected chi connectivity index (χ0v) is 6.47.